The quantitative estimate of drug-likeness (QED) is 0.512. The Kier molecular flexibility index (Phi) is 1.86. The van der Waals surface area contributed by atoms with Crippen molar-refractivity contribution in [1.29, 1.82) is 0 Å². The molecule has 2 nitrogen and oxygen atoms in total. The van der Waals surface area contributed by atoms with Crippen molar-refractivity contribution in [3.8, 4) is 5.69 Å². The summed E-state index contributed by atoms with van der Waals surface area (Å²) in [6.07, 6.45) is 4.09. The lowest BCUT2D eigenvalue weighted by molar-refractivity contribution is 1.14. The molecule has 2 aromatic carbocycles. The van der Waals surface area contributed by atoms with E-state index in [1.165, 1.54) is 22.0 Å². The van der Waals surface area contributed by atoms with Crippen molar-refractivity contribution in [2.45, 2.75) is 0 Å². The van der Waals surface area contributed by atoms with Gasteiger partial charge in [0.25, 0.3) is 0 Å². The zero-order chi connectivity index (χ0) is 11.9. The molecular formula is C16H11N2. The number of nitrogens with zero attached hydrogens (tertiary/aromatic N) is 1. The molecule has 0 saturated carbocycles. The predicted octanol–water partition coefficient (Wildman–Crippen LogP) is 3.91. The van der Waals surface area contributed by atoms with Crippen LogP contribution in [0.5, 0.6) is 0 Å². The maximum atomic E-state index is 3.25. The van der Waals surface area contributed by atoms with E-state index in [-0.39, 0.29) is 0 Å². The smallest absolute Gasteiger partial charge is 0.0549 e. The van der Waals surface area contributed by atoms with Crippen LogP contribution in [0, 0.1) is 6.07 Å². The van der Waals surface area contributed by atoms with Crippen molar-refractivity contribution in [2.24, 2.45) is 0 Å². The van der Waals surface area contributed by atoms with Gasteiger partial charge in [-0.2, -0.15) is 0 Å². The third-order valence-corrected chi connectivity index (χ3v) is 3.37. The summed E-state index contributed by atoms with van der Waals surface area (Å²) in [4.78, 5) is 3.25. The van der Waals surface area contributed by atoms with E-state index in [4.69, 9.17) is 0 Å². The summed E-state index contributed by atoms with van der Waals surface area (Å²) in [6, 6.07) is 19.7. The molecule has 0 amide bonds. The molecular weight excluding hydrogens is 220 g/mol. The molecule has 0 unspecified atom stereocenters. The molecule has 0 fully saturated rings. The van der Waals surface area contributed by atoms with Gasteiger partial charge in [0, 0.05) is 28.7 Å². The highest BCUT2D eigenvalue weighted by Gasteiger charge is 2.06. The zero-order valence-corrected chi connectivity index (χ0v) is 9.72. The van der Waals surface area contributed by atoms with Crippen LogP contribution in [-0.2, 0) is 0 Å². The van der Waals surface area contributed by atoms with E-state index in [9.17, 15) is 0 Å². The van der Waals surface area contributed by atoms with Crippen molar-refractivity contribution >= 4 is 21.8 Å². The summed E-state index contributed by atoms with van der Waals surface area (Å²) in [5.74, 6) is 0. The van der Waals surface area contributed by atoms with Gasteiger partial charge in [-0.1, -0.05) is 12.1 Å². The molecule has 0 aliphatic carbocycles. The average molecular weight is 231 g/mol. The minimum Gasteiger partial charge on any atom is -0.361 e. The summed E-state index contributed by atoms with van der Waals surface area (Å²) >= 11 is 0. The Morgan fingerprint density at radius 3 is 3.06 bits per heavy atom. The first-order valence-corrected chi connectivity index (χ1v) is 5.97. The first-order chi connectivity index (χ1) is 8.93. The van der Waals surface area contributed by atoms with Gasteiger partial charge in [-0.3, -0.25) is 0 Å². The van der Waals surface area contributed by atoms with Crippen LogP contribution in [0.15, 0.2) is 60.9 Å². The van der Waals surface area contributed by atoms with Crippen molar-refractivity contribution < 1.29 is 0 Å². The molecule has 0 saturated heterocycles. The van der Waals surface area contributed by atoms with Gasteiger partial charge in [0.1, 0.15) is 0 Å². The third-order valence-electron chi connectivity index (χ3n) is 3.37. The molecule has 1 radical (unpaired) electrons. The number of nitrogens with one attached hydrogen (secondary N) is 1. The van der Waals surface area contributed by atoms with Crippen LogP contribution in [0.25, 0.3) is 27.5 Å². The molecule has 2 heteroatoms. The van der Waals surface area contributed by atoms with Crippen molar-refractivity contribution in [1.82, 2.24) is 9.55 Å². The molecule has 0 bridgehead atoms. The lowest BCUT2D eigenvalue weighted by Gasteiger charge is -2.07. The van der Waals surface area contributed by atoms with Crippen molar-refractivity contribution in [3.05, 3.63) is 67.0 Å². The predicted molar refractivity (Wildman–Crippen MR) is 74.0 cm³/mol. The molecule has 2 aromatic heterocycles. The first-order valence-electron chi connectivity index (χ1n) is 5.97. The Morgan fingerprint density at radius 1 is 1.06 bits per heavy atom. The Balaban J connectivity index is 2.10. The fraction of sp³-hybridized carbons (Fsp3) is 0. The normalized spacial score (nSPS) is 11.3. The maximum absolute atomic E-state index is 3.25. The minimum atomic E-state index is 1.16. The zero-order valence-electron chi connectivity index (χ0n) is 9.72. The highest BCUT2D eigenvalue weighted by atomic mass is 15.0. The largest absolute Gasteiger partial charge is 0.361 e. The molecule has 0 spiro atoms. The van der Waals surface area contributed by atoms with E-state index >= 15 is 0 Å². The number of hydrogen-bond acceptors (Lipinski definition) is 0. The Labute approximate surface area is 104 Å². The topological polar surface area (TPSA) is 20.7 Å². The number of fused-ring (bicyclic) bond motifs is 2. The Morgan fingerprint density at radius 2 is 2.06 bits per heavy atom. The second-order valence-corrected chi connectivity index (χ2v) is 4.39. The first kappa shape index (κ1) is 9.54. The number of aromatic amines is 1. The van der Waals surface area contributed by atoms with Gasteiger partial charge in [0.05, 0.1) is 11.2 Å². The van der Waals surface area contributed by atoms with Crippen LogP contribution in [0.1, 0.15) is 0 Å². The van der Waals surface area contributed by atoms with Gasteiger partial charge in [-0.05, 0) is 42.5 Å². The van der Waals surface area contributed by atoms with Crippen molar-refractivity contribution in [3.63, 3.8) is 0 Å². The van der Waals surface area contributed by atoms with Gasteiger partial charge in [-0.25, -0.2) is 0 Å². The SMILES string of the molecule is [c]1ccc2c(c1)ccn2-c1cccc2[nH]ccc12. The van der Waals surface area contributed by atoms with Crippen LogP contribution < -0.4 is 0 Å². The maximum Gasteiger partial charge on any atom is 0.0549 e. The molecule has 0 aliphatic heterocycles. The summed E-state index contributed by atoms with van der Waals surface area (Å²) < 4.78 is 2.22. The molecule has 85 valence electrons. The van der Waals surface area contributed by atoms with E-state index in [0.29, 0.717) is 0 Å². The summed E-state index contributed by atoms with van der Waals surface area (Å²) in [5, 5.41) is 2.45. The second-order valence-electron chi connectivity index (χ2n) is 4.39. The Hall–Kier alpha value is -2.48. The molecule has 0 atom stereocenters. The lowest BCUT2D eigenvalue weighted by atomic mass is 10.2. The van der Waals surface area contributed by atoms with E-state index in [1.807, 2.05) is 18.3 Å². The lowest BCUT2D eigenvalue weighted by Crippen LogP contribution is -1.91. The summed E-state index contributed by atoms with van der Waals surface area (Å²) in [5.41, 5.74) is 3.58. The average Bonchev–Trinajstić information content (AvgIpc) is 3.05. The minimum absolute atomic E-state index is 1.16. The monoisotopic (exact) mass is 231 g/mol. The van der Waals surface area contributed by atoms with Gasteiger partial charge in [-0.15, -0.1) is 0 Å². The molecule has 4 rings (SSSR count). The van der Waals surface area contributed by atoms with Crippen LogP contribution in [0.2, 0.25) is 0 Å². The van der Waals surface area contributed by atoms with Gasteiger partial charge < -0.3 is 9.55 Å². The summed E-state index contributed by atoms with van der Waals surface area (Å²) in [7, 11) is 0. The van der Waals surface area contributed by atoms with Crippen molar-refractivity contribution in [2.75, 3.05) is 0 Å². The van der Waals surface area contributed by atoms with E-state index in [0.717, 1.165) is 5.52 Å². The number of rotatable bonds is 1. The fourth-order valence-electron chi connectivity index (χ4n) is 2.51. The standard InChI is InChI=1S/C16H11N2/c1-2-6-15-12(4-1)9-11-18(15)16-7-3-5-14-13(16)8-10-17-14/h2-11,17H. The number of H-pyrrole nitrogens is 1. The highest BCUT2D eigenvalue weighted by Crippen LogP contribution is 2.25. The molecule has 18 heavy (non-hydrogen) atoms. The molecule has 4 aromatic rings. The molecule has 1 N–H and O–H groups in total. The highest BCUT2D eigenvalue weighted by molar-refractivity contribution is 5.91. The van der Waals surface area contributed by atoms with Gasteiger partial charge >= 0.3 is 0 Å². The van der Waals surface area contributed by atoms with E-state index in [2.05, 4.69) is 58.2 Å². The van der Waals surface area contributed by atoms with Gasteiger partial charge in [0.15, 0.2) is 0 Å². The second kappa shape index (κ2) is 3.50. The summed E-state index contributed by atoms with van der Waals surface area (Å²) in [6.45, 7) is 0. The van der Waals surface area contributed by atoms with Gasteiger partial charge in [0.2, 0.25) is 0 Å². The third kappa shape index (κ3) is 1.23. The van der Waals surface area contributed by atoms with Crippen LogP contribution in [0.4, 0.5) is 0 Å². The van der Waals surface area contributed by atoms with E-state index in [1.54, 1.807) is 0 Å². The number of hydrogen-bond donors (Lipinski definition) is 1. The van der Waals surface area contributed by atoms with Crippen LogP contribution in [-0.4, -0.2) is 9.55 Å². The van der Waals surface area contributed by atoms with E-state index < -0.39 is 0 Å². The fourth-order valence-corrected chi connectivity index (χ4v) is 2.51. The number of aromatic nitrogens is 2. The number of benzene rings is 2. The molecule has 2 heterocycles. The van der Waals surface area contributed by atoms with Crippen LogP contribution >= 0.6 is 0 Å². The van der Waals surface area contributed by atoms with Crippen LogP contribution in [0.3, 0.4) is 0 Å². The molecule has 0 aliphatic rings. The Bertz CT molecular complexity index is 836.